The summed E-state index contributed by atoms with van der Waals surface area (Å²) in [6.45, 7) is 4.12. The van der Waals surface area contributed by atoms with Crippen molar-refractivity contribution in [2.45, 2.75) is 38.8 Å². The average Bonchev–Trinajstić information content (AvgIpc) is 2.44. The SMILES string of the molecule is CC(N)Cc1cc(Br)cc2c1OC(C)C2. The summed E-state index contributed by atoms with van der Waals surface area (Å²) in [6, 6.07) is 4.42. The molecule has 0 amide bonds. The lowest BCUT2D eigenvalue weighted by Crippen LogP contribution is -2.18. The molecule has 1 aliphatic rings. The lowest BCUT2D eigenvalue weighted by molar-refractivity contribution is 0.252. The van der Waals surface area contributed by atoms with E-state index in [4.69, 9.17) is 10.5 Å². The number of benzene rings is 1. The number of halogens is 1. The maximum absolute atomic E-state index is 5.83. The van der Waals surface area contributed by atoms with Crippen LogP contribution in [-0.2, 0) is 12.8 Å². The molecule has 0 bridgehead atoms. The lowest BCUT2D eigenvalue weighted by Gasteiger charge is -2.12. The van der Waals surface area contributed by atoms with Crippen LogP contribution in [0.25, 0.3) is 0 Å². The van der Waals surface area contributed by atoms with Crippen molar-refractivity contribution in [2.24, 2.45) is 5.73 Å². The molecule has 1 heterocycles. The van der Waals surface area contributed by atoms with Gasteiger partial charge in [-0.05, 0) is 43.5 Å². The predicted octanol–water partition coefficient (Wildman–Crippen LogP) is 2.66. The normalized spacial score (nSPS) is 20.9. The third-order valence-corrected chi connectivity index (χ3v) is 3.03. The van der Waals surface area contributed by atoms with Crippen molar-refractivity contribution in [1.29, 1.82) is 0 Å². The van der Waals surface area contributed by atoms with Crippen LogP contribution in [0.3, 0.4) is 0 Å². The Labute approximate surface area is 98.9 Å². The van der Waals surface area contributed by atoms with Crippen molar-refractivity contribution in [3.63, 3.8) is 0 Å². The Bertz CT molecular complexity index is 376. The van der Waals surface area contributed by atoms with Crippen molar-refractivity contribution < 1.29 is 4.74 Å². The van der Waals surface area contributed by atoms with Crippen LogP contribution in [0.5, 0.6) is 5.75 Å². The first-order chi connectivity index (χ1) is 7.06. The van der Waals surface area contributed by atoms with Crippen LogP contribution < -0.4 is 10.5 Å². The molecule has 2 unspecified atom stereocenters. The number of ether oxygens (including phenoxy) is 1. The first-order valence-electron chi connectivity index (χ1n) is 5.30. The molecule has 2 N–H and O–H groups in total. The lowest BCUT2D eigenvalue weighted by atomic mass is 10.0. The zero-order valence-electron chi connectivity index (χ0n) is 9.09. The molecule has 82 valence electrons. The van der Waals surface area contributed by atoms with Crippen LogP contribution in [0.15, 0.2) is 16.6 Å². The summed E-state index contributed by atoms with van der Waals surface area (Å²) in [7, 11) is 0. The first kappa shape index (κ1) is 11.0. The molecule has 2 rings (SSSR count). The van der Waals surface area contributed by atoms with Crippen molar-refractivity contribution in [3.8, 4) is 5.75 Å². The van der Waals surface area contributed by atoms with Gasteiger partial charge in [-0.2, -0.15) is 0 Å². The minimum absolute atomic E-state index is 0.169. The monoisotopic (exact) mass is 269 g/mol. The highest BCUT2D eigenvalue weighted by molar-refractivity contribution is 9.10. The van der Waals surface area contributed by atoms with Gasteiger partial charge in [0, 0.05) is 16.9 Å². The van der Waals surface area contributed by atoms with E-state index >= 15 is 0 Å². The molecule has 1 aliphatic heterocycles. The topological polar surface area (TPSA) is 35.2 Å². The van der Waals surface area contributed by atoms with Crippen LogP contribution in [0.4, 0.5) is 0 Å². The van der Waals surface area contributed by atoms with Crippen LogP contribution in [-0.4, -0.2) is 12.1 Å². The van der Waals surface area contributed by atoms with Crippen molar-refractivity contribution in [2.75, 3.05) is 0 Å². The van der Waals surface area contributed by atoms with Crippen LogP contribution >= 0.6 is 15.9 Å². The van der Waals surface area contributed by atoms with Crippen LogP contribution in [0, 0.1) is 0 Å². The molecule has 3 heteroatoms. The zero-order valence-corrected chi connectivity index (χ0v) is 10.7. The summed E-state index contributed by atoms with van der Waals surface area (Å²) in [5.41, 5.74) is 8.35. The van der Waals surface area contributed by atoms with Crippen LogP contribution in [0.1, 0.15) is 25.0 Å². The highest BCUT2D eigenvalue weighted by Crippen LogP contribution is 2.35. The fourth-order valence-electron chi connectivity index (χ4n) is 2.07. The summed E-state index contributed by atoms with van der Waals surface area (Å²) < 4.78 is 6.94. The van der Waals surface area contributed by atoms with Crippen molar-refractivity contribution in [3.05, 3.63) is 27.7 Å². The van der Waals surface area contributed by atoms with E-state index in [2.05, 4.69) is 35.0 Å². The van der Waals surface area contributed by atoms with E-state index in [1.807, 2.05) is 6.92 Å². The van der Waals surface area contributed by atoms with E-state index < -0.39 is 0 Å². The third-order valence-electron chi connectivity index (χ3n) is 2.58. The Balaban J connectivity index is 2.38. The maximum Gasteiger partial charge on any atom is 0.126 e. The van der Waals surface area contributed by atoms with Gasteiger partial charge in [0.2, 0.25) is 0 Å². The second-order valence-electron chi connectivity index (χ2n) is 4.37. The standard InChI is InChI=1S/C12H16BrNO/c1-7(14)3-9-5-11(13)6-10-4-8(2)15-12(9)10/h5-8H,3-4,14H2,1-2H3. The highest BCUT2D eigenvalue weighted by Gasteiger charge is 2.22. The fourth-order valence-corrected chi connectivity index (χ4v) is 2.62. The molecule has 0 aromatic heterocycles. The third kappa shape index (κ3) is 2.34. The molecule has 0 saturated heterocycles. The van der Waals surface area contributed by atoms with Gasteiger partial charge in [0.05, 0.1) is 0 Å². The second-order valence-corrected chi connectivity index (χ2v) is 5.28. The molecule has 0 fully saturated rings. The van der Waals surface area contributed by atoms with E-state index in [0.29, 0.717) is 6.10 Å². The number of nitrogens with two attached hydrogens (primary N) is 1. The first-order valence-corrected chi connectivity index (χ1v) is 6.09. The van der Waals surface area contributed by atoms with E-state index in [9.17, 15) is 0 Å². The minimum Gasteiger partial charge on any atom is -0.490 e. The van der Waals surface area contributed by atoms with Gasteiger partial charge < -0.3 is 10.5 Å². The Morgan fingerprint density at radius 2 is 2.33 bits per heavy atom. The van der Waals surface area contributed by atoms with Crippen molar-refractivity contribution >= 4 is 15.9 Å². The molecule has 1 aromatic rings. The van der Waals surface area contributed by atoms with Crippen LogP contribution in [0.2, 0.25) is 0 Å². The van der Waals surface area contributed by atoms with Gasteiger partial charge in [-0.3, -0.25) is 0 Å². The fraction of sp³-hybridized carbons (Fsp3) is 0.500. The Morgan fingerprint density at radius 1 is 1.60 bits per heavy atom. The summed E-state index contributed by atoms with van der Waals surface area (Å²) in [6.07, 6.45) is 2.16. The van der Waals surface area contributed by atoms with Gasteiger partial charge in [-0.15, -0.1) is 0 Å². The van der Waals surface area contributed by atoms with Gasteiger partial charge in [0.1, 0.15) is 11.9 Å². The van der Waals surface area contributed by atoms with E-state index in [0.717, 1.165) is 23.1 Å². The Hall–Kier alpha value is -0.540. The molecule has 15 heavy (non-hydrogen) atoms. The highest BCUT2D eigenvalue weighted by atomic mass is 79.9. The Kier molecular flexibility index (Phi) is 3.03. The Morgan fingerprint density at radius 3 is 3.00 bits per heavy atom. The molecular weight excluding hydrogens is 254 g/mol. The van der Waals surface area contributed by atoms with E-state index in [-0.39, 0.29) is 6.04 Å². The molecular formula is C12H16BrNO. The summed E-state index contributed by atoms with van der Waals surface area (Å²) in [5.74, 6) is 1.06. The van der Waals surface area contributed by atoms with Gasteiger partial charge in [-0.25, -0.2) is 0 Å². The number of rotatable bonds is 2. The van der Waals surface area contributed by atoms with E-state index in [1.54, 1.807) is 0 Å². The zero-order chi connectivity index (χ0) is 11.0. The maximum atomic E-state index is 5.83. The second kappa shape index (κ2) is 4.14. The molecule has 0 saturated carbocycles. The predicted molar refractivity (Wildman–Crippen MR) is 65.3 cm³/mol. The number of hydrogen-bond acceptors (Lipinski definition) is 2. The molecule has 0 radical (unpaired) electrons. The van der Waals surface area contributed by atoms with Crippen molar-refractivity contribution in [1.82, 2.24) is 0 Å². The van der Waals surface area contributed by atoms with Gasteiger partial charge in [0.25, 0.3) is 0 Å². The summed E-state index contributed by atoms with van der Waals surface area (Å²) in [4.78, 5) is 0. The van der Waals surface area contributed by atoms with Gasteiger partial charge >= 0.3 is 0 Å². The summed E-state index contributed by atoms with van der Waals surface area (Å²) in [5, 5.41) is 0. The minimum atomic E-state index is 0.169. The van der Waals surface area contributed by atoms with Gasteiger partial charge in [0.15, 0.2) is 0 Å². The summed E-state index contributed by atoms with van der Waals surface area (Å²) >= 11 is 3.53. The quantitative estimate of drug-likeness (QED) is 0.896. The molecule has 2 atom stereocenters. The molecule has 0 spiro atoms. The average molecular weight is 270 g/mol. The molecule has 2 nitrogen and oxygen atoms in total. The van der Waals surface area contributed by atoms with Gasteiger partial charge in [-0.1, -0.05) is 15.9 Å². The number of hydrogen-bond donors (Lipinski definition) is 1. The smallest absolute Gasteiger partial charge is 0.126 e. The molecule has 1 aromatic carbocycles. The largest absolute Gasteiger partial charge is 0.490 e. The number of fused-ring (bicyclic) bond motifs is 1. The molecule has 0 aliphatic carbocycles. The van der Waals surface area contributed by atoms with E-state index in [1.165, 1.54) is 11.1 Å².